The Hall–Kier alpha value is -1.90. The van der Waals surface area contributed by atoms with Crippen molar-refractivity contribution in [1.82, 2.24) is 4.98 Å². The number of pyridine rings is 1. The van der Waals surface area contributed by atoms with Crippen LogP contribution in [0.25, 0.3) is 10.9 Å². The number of para-hydroxylation sites is 1. The summed E-state index contributed by atoms with van der Waals surface area (Å²) in [6.45, 7) is 0. The van der Waals surface area contributed by atoms with Crippen LogP contribution in [0.5, 0.6) is 0 Å². The topological polar surface area (TPSA) is 33.2 Å². The van der Waals surface area contributed by atoms with Gasteiger partial charge in [0.2, 0.25) is 5.91 Å². The minimum atomic E-state index is 0.313. The van der Waals surface area contributed by atoms with Crippen molar-refractivity contribution in [2.24, 2.45) is 17.8 Å². The summed E-state index contributed by atoms with van der Waals surface area (Å²) in [5, 5.41) is 1.12. The normalized spacial score (nSPS) is 34.4. The molecule has 4 atom stereocenters. The maximum atomic E-state index is 12.6. The first-order valence-electron chi connectivity index (χ1n) is 7.51. The molecule has 2 aliphatic carbocycles. The molecule has 3 fully saturated rings. The molecule has 2 bridgehead atoms. The van der Waals surface area contributed by atoms with Crippen LogP contribution in [0, 0.1) is 17.8 Å². The molecule has 0 radical (unpaired) electrons. The molecule has 2 heterocycles. The molecule has 2 aromatic rings. The maximum absolute atomic E-state index is 12.6. The first-order chi connectivity index (χ1) is 9.84. The van der Waals surface area contributed by atoms with Gasteiger partial charge >= 0.3 is 0 Å². The van der Waals surface area contributed by atoms with Crippen LogP contribution in [0.3, 0.4) is 0 Å². The third-order valence-corrected chi connectivity index (χ3v) is 5.56. The third kappa shape index (κ3) is 1.17. The highest BCUT2D eigenvalue weighted by Crippen LogP contribution is 2.57. The molecule has 5 rings (SSSR count). The fraction of sp³-hybridized carbons (Fsp3) is 0.412. The highest BCUT2D eigenvalue weighted by molar-refractivity contribution is 6.09. The van der Waals surface area contributed by atoms with E-state index in [9.17, 15) is 4.79 Å². The first-order valence-corrected chi connectivity index (χ1v) is 7.51. The zero-order valence-corrected chi connectivity index (χ0v) is 11.2. The summed E-state index contributed by atoms with van der Waals surface area (Å²) in [5.74, 6) is 2.03. The molecule has 1 amide bonds. The van der Waals surface area contributed by atoms with Crippen LogP contribution in [-0.4, -0.2) is 16.9 Å². The Kier molecular flexibility index (Phi) is 1.95. The zero-order valence-electron chi connectivity index (χ0n) is 11.2. The first kappa shape index (κ1) is 10.8. The van der Waals surface area contributed by atoms with Crippen molar-refractivity contribution in [3.05, 3.63) is 36.5 Å². The highest BCUT2D eigenvalue weighted by atomic mass is 16.2. The van der Waals surface area contributed by atoms with E-state index < -0.39 is 0 Å². The number of benzene rings is 1. The summed E-state index contributed by atoms with van der Waals surface area (Å²) < 4.78 is 0. The third-order valence-electron chi connectivity index (χ3n) is 5.56. The summed E-state index contributed by atoms with van der Waals surface area (Å²) >= 11 is 0. The smallest absolute Gasteiger partial charge is 0.232 e. The lowest BCUT2D eigenvalue weighted by Gasteiger charge is -2.49. The van der Waals surface area contributed by atoms with Gasteiger partial charge < -0.3 is 4.90 Å². The summed E-state index contributed by atoms with van der Waals surface area (Å²) in [7, 11) is 0. The average Bonchev–Trinajstić information content (AvgIpc) is 3.05. The number of amides is 1. The van der Waals surface area contributed by atoms with Crippen molar-refractivity contribution < 1.29 is 4.79 Å². The highest BCUT2D eigenvalue weighted by Gasteiger charge is 2.62. The molecule has 1 saturated heterocycles. The zero-order chi connectivity index (χ0) is 13.3. The molecule has 3 aliphatic rings. The second-order valence-electron chi connectivity index (χ2n) is 6.41. The number of hydrogen-bond donors (Lipinski definition) is 0. The molecule has 1 aromatic carbocycles. The Bertz CT molecular complexity index is 721. The van der Waals surface area contributed by atoms with E-state index in [0.717, 1.165) is 22.5 Å². The molecular formula is C17H16N2O. The van der Waals surface area contributed by atoms with Gasteiger partial charge in [0.1, 0.15) is 0 Å². The fourth-order valence-corrected chi connectivity index (χ4v) is 4.77. The van der Waals surface area contributed by atoms with Gasteiger partial charge in [-0.05, 0) is 43.2 Å². The molecule has 3 heteroatoms. The second-order valence-corrected chi connectivity index (χ2v) is 6.41. The number of nitrogens with zero attached hydrogens (tertiary/aromatic N) is 2. The average molecular weight is 264 g/mol. The van der Waals surface area contributed by atoms with Gasteiger partial charge in [0, 0.05) is 11.6 Å². The molecule has 2 saturated carbocycles. The minimum Gasteiger partial charge on any atom is -0.306 e. The van der Waals surface area contributed by atoms with E-state index in [2.05, 4.69) is 23.2 Å². The van der Waals surface area contributed by atoms with Crippen molar-refractivity contribution in [3.8, 4) is 0 Å². The Morgan fingerprint density at radius 1 is 1.10 bits per heavy atom. The van der Waals surface area contributed by atoms with Crippen LogP contribution in [0.1, 0.15) is 19.3 Å². The second kappa shape index (κ2) is 3.60. The number of fused-ring (bicyclic) bond motifs is 6. The van der Waals surface area contributed by atoms with Crippen molar-refractivity contribution in [1.29, 1.82) is 0 Å². The van der Waals surface area contributed by atoms with E-state index in [1.807, 2.05) is 23.2 Å². The predicted molar refractivity (Wildman–Crippen MR) is 77.3 cm³/mol. The van der Waals surface area contributed by atoms with E-state index in [4.69, 9.17) is 0 Å². The lowest BCUT2D eigenvalue weighted by Crippen LogP contribution is -2.63. The molecule has 1 aromatic heterocycles. The van der Waals surface area contributed by atoms with Gasteiger partial charge in [-0.25, -0.2) is 0 Å². The van der Waals surface area contributed by atoms with Crippen LogP contribution < -0.4 is 4.90 Å². The molecule has 100 valence electrons. The molecule has 20 heavy (non-hydrogen) atoms. The van der Waals surface area contributed by atoms with Crippen LogP contribution >= 0.6 is 0 Å². The Morgan fingerprint density at radius 2 is 1.95 bits per heavy atom. The number of aromatic nitrogens is 1. The lowest BCUT2D eigenvalue weighted by atomic mass is 9.75. The van der Waals surface area contributed by atoms with E-state index in [-0.39, 0.29) is 0 Å². The van der Waals surface area contributed by atoms with Gasteiger partial charge in [0.25, 0.3) is 0 Å². The molecule has 1 aliphatic heterocycles. The lowest BCUT2D eigenvalue weighted by molar-refractivity contribution is -0.132. The number of carbonyl (C=O) groups is 1. The Labute approximate surface area is 117 Å². The van der Waals surface area contributed by atoms with Gasteiger partial charge in [0.15, 0.2) is 0 Å². The quantitative estimate of drug-likeness (QED) is 0.742. The van der Waals surface area contributed by atoms with E-state index in [1.54, 1.807) is 0 Å². The van der Waals surface area contributed by atoms with Gasteiger partial charge in [-0.3, -0.25) is 9.78 Å². The predicted octanol–water partition coefficient (Wildman–Crippen LogP) is 3.00. The van der Waals surface area contributed by atoms with Crippen molar-refractivity contribution in [2.75, 3.05) is 4.90 Å². The van der Waals surface area contributed by atoms with E-state index >= 15 is 0 Å². The Morgan fingerprint density at radius 3 is 2.90 bits per heavy atom. The van der Waals surface area contributed by atoms with Crippen LogP contribution in [0.4, 0.5) is 5.69 Å². The monoisotopic (exact) mass is 264 g/mol. The summed E-state index contributed by atoms with van der Waals surface area (Å²) in [5.41, 5.74) is 1.98. The number of anilines is 1. The van der Waals surface area contributed by atoms with Gasteiger partial charge in [-0.15, -0.1) is 0 Å². The number of hydrogen-bond acceptors (Lipinski definition) is 2. The molecule has 0 spiro atoms. The number of carbonyl (C=O) groups excluding carboxylic acids is 1. The Balaban J connectivity index is 1.65. The van der Waals surface area contributed by atoms with E-state index in [0.29, 0.717) is 23.8 Å². The maximum Gasteiger partial charge on any atom is 0.232 e. The SMILES string of the molecule is O=C1[C@H]2C3CCC(C3)[C@H]2N1c1cccc2cccnc12. The molecule has 2 unspecified atom stereocenters. The minimum absolute atomic E-state index is 0.313. The van der Waals surface area contributed by atoms with Crippen LogP contribution in [0.2, 0.25) is 0 Å². The number of β-lactam (4-membered cyclic amide) rings is 1. The van der Waals surface area contributed by atoms with Crippen molar-refractivity contribution in [3.63, 3.8) is 0 Å². The van der Waals surface area contributed by atoms with Crippen molar-refractivity contribution in [2.45, 2.75) is 25.3 Å². The fourth-order valence-electron chi connectivity index (χ4n) is 4.77. The van der Waals surface area contributed by atoms with Crippen LogP contribution in [0.15, 0.2) is 36.5 Å². The molecule has 3 nitrogen and oxygen atoms in total. The summed E-state index contributed by atoms with van der Waals surface area (Å²) in [4.78, 5) is 19.1. The number of rotatable bonds is 1. The standard InChI is InChI=1S/C17H16N2O/c20-17-14-11-6-7-12(9-11)16(14)19(17)13-5-1-3-10-4-2-8-18-15(10)13/h1-5,8,11-12,14,16H,6-7,9H2/t11?,12?,14-,16+/m0/s1. The van der Waals surface area contributed by atoms with E-state index in [1.165, 1.54) is 19.3 Å². The van der Waals surface area contributed by atoms with Gasteiger partial charge in [-0.2, -0.15) is 0 Å². The van der Waals surface area contributed by atoms with Crippen LogP contribution in [-0.2, 0) is 4.79 Å². The van der Waals surface area contributed by atoms with Gasteiger partial charge in [-0.1, -0.05) is 18.2 Å². The largest absolute Gasteiger partial charge is 0.306 e. The summed E-state index contributed by atoms with van der Waals surface area (Å²) in [6.07, 6.45) is 5.64. The summed E-state index contributed by atoms with van der Waals surface area (Å²) in [6, 6.07) is 10.6. The van der Waals surface area contributed by atoms with Gasteiger partial charge in [0.05, 0.1) is 23.2 Å². The molecular weight excluding hydrogens is 248 g/mol. The molecule has 0 N–H and O–H groups in total. The van der Waals surface area contributed by atoms with Crippen molar-refractivity contribution >= 4 is 22.5 Å².